The van der Waals surface area contributed by atoms with Crippen LogP contribution in [0.2, 0.25) is 0 Å². The van der Waals surface area contributed by atoms with Crippen molar-refractivity contribution < 1.29 is 4.74 Å². The number of ether oxygens (including phenoxy) is 1. The molecule has 2 heterocycles. The van der Waals surface area contributed by atoms with Crippen LogP contribution in [0.4, 0.5) is 11.9 Å². The first-order valence-corrected chi connectivity index (χ1v) is 6.99. The van der Waals surface area contributed by atoms with Crippen molar-refractivity contribution in [1.29, 1.82) is 0 Å². The third kappa shape index (κ3) is 4.27. The second-order valence-electron chi connectivity index (χ2n) is 4.38. The van der Waals surface area contributed by atoms with Gasteiger partial charge >= 0.3 is 6.01 Å². The van der Waals surface area contributed by atoms with E-state index < -0.39 is 0 Å². The highest BCUT2D eigenvalue weighted by Crippen LogP contribution is 2.13. The van der Waals surface area contributed by atoms with Gasteiger partial charge < -0.3 is 15.4 Å². The molecule has 0 aliphatic heterocycles. The van der Waals surface area contributed by atoms with Gasteiger partial charge in [-0.25, -0.2) is 0 Å². The van der Waals surface area contributed by atoms with E-state index in [1.807, 2.05) is 33.0 Å². The summed E-state index contributed by atoms with van der Waals surface area (Å²) in [5, 5.41) is 6.25. The maximum absolute atomic E-state index is 5.36. The quantitative estimate of drug-likeness (QED) is 0.806. The molecular formula is C14H20N6O. The Balaban J connectivity index is 2.13. The van der Waals surface area contributed by atoms with E-state index in [0.717, 1.165) is 17.7 Å². The largest absolute Gasteiger partial charge is 0.464 e. The van der Waals surface area contributed by atoms with Crippen molar-refractivity contribution in [3.05, 3.63) is 29.6 Å². The molecule has 0 atom stereocenters. The van der Waals surface area contributed by atoms with Crippen LogP contribution in [0.5, 0.6) is 6.01 Å². The predicted octanol–water partition coefficient (Wildman–Crippen LogP) is 2.02. The van der Waals surface area contributed by atoms with Crippen molar-refractivity contribution in [2.24, 2.45) is 0 Å². The summed E-state index contributed by atoms with van der Waals surface area (Å²) < 4.78 is 5.36. The summed E-state index contributed by atoms with van der Waals surface area (Å²) in [5.41, 5.74) is 2.27. The fourth-order valence-electron chi connectivity index (χ4n) is 1.74. The minimum Gasteiger partial charge on any atom is -0.464 e. The van der Waals surface area contributed by atoms with E-state index in [-0.39, 0.29) is 0 Å². The first kappa shape index (κ1) is 15.0. The lowest BCUT2D eigenvalue weighted by Crippen LogP contribution is -2.11. The molecule has 2 aromatic heterocycles. The Kier molecular flexibility index (Phi) is 5.25. The van der Waals surface area contributed by atoms with Crippen LogP contribution in [0.1, 0.15) is 25.0 Å². The maximum Gasteiger partial charge on any atom is 0.323 e. The van der Waals surface area contributed by atoms with Crippen molar-refractivity contribution in [1.82, 2.24) is 19.9 Å². The molecule has 0 spiro atoms. The zero-order valence-electron chi connectivity index (χ0n) is 12.6. The van der Waals surface area contributed by atoms with Gasteiger partial charge in [-0.15, -0.1) is 0 Å². The third-order valence-electron chi connectivity index (χ3n) is 2.80. The normalized spacial score (nSPS) is 10.2. The van der Waals surface area contributed by atoms with Crippen molar-refractivity contribution in [3.8, 4) is 6.01 Å². The van der Waals surface area contributed by atoms with Gasteiger partial charge in [-0.1, -0.05) is 0 Å². The molecule has 112 valence electrons. The van der Waals surface area contributed by atoms with Gasteiger partial charge in [-0.3, -0.25) is 4.98 Å². The molecule has 0 aliphatic rings. The fourth-order valence-corrected chi connectivity index (χ4v) is 1.74. The summed E-state index contributed by atoms with van der Waals surface area (Å²) in [6.07, 6.45) is 3.60. The Bertz CT molecular complexity index is 565. The first-order valence-electron chi connectivity index (χ1n) is 6.99. The lowest BCUT2D eigenvalue weighted by atomic mass is 10.1. The van der Waals surface area contributed by atoms with E-state index >= 15 is 0 Å². The molecule has 0 fully saturated rings. The molecule has 7 nitrogen and oxygen atoms in total. The Hall–Kier alpha value is -2.44. The fraction of sp³-hybridized carbons (Fsp3) is 0.429. The monoisotopic (exact) mass is 288 g/mol. The van der Waals surface area contributed by atoms with Gasteiger partial charge in [0.05, 0.1) is 6.61 Å². The standard InChI is InChI=1S/C14H20N6O/c1-4-16-12-18-13(20-14(19-12)21-5-2)17-9-11-6-7-15-8-10(11)3/h6-8H,4-5,9H2,1-3H3,(H2,16,17,18,19,20). The molecule has 2 rings (SSSR count). The number of nitrogens with zero attached hydrogens (tertiary/aromatic N) is 4. The van der Waals surface area contributed by atoms with E-state index in [9.17, 15) is 0 Å². The second kappa shape index (κ2) is 7.37. The molecule has 0 amide bonds. The highest BCUT2D eigenvalue weighted by molar-refractivity contribution is 5.37. The van der Waals surface area contributed by atoms with E-state index in [4.69, 9.17) is 4.74 Å². The number of anilines is 2. The molecule has 0 aliphatic carbocycles. The zero-order valence-corrected chi connectivity index (χ0v) is 12.6. The molecule has 2 N–H and O–H groups in total. The molecule has 21 heavy (non-hydrogen) atoms. The topological polar surface area (TPSA) is 84.9 Å². The van der Waals surface area contributed by atoms with Gasteiger partial charge in [0.1, 0.15) is 0 Å². The second-order valence-corrected chi connectivity index (χ2v) is 4.38. The predicted molar refractivity (Wildman–Crippen MR) is 81.5 cm³/mol. The minimum atomic E-state index is 0.317. The Morgan fingerprint density at radius 2 is 1.86 bits per heavy atom. The van der Waals surface area contributed by atoms with Crippen LogP contribution in [-0.2, 0) is 6.54 Å². The SMILES string of the molecule is CCNc1nc(NCc2ccncc2C)nc(OCC)n1. The molecule has 7 heteroatoms. The summed E-state index contributed by atoms with van der Waals surface area (Å²) in [6, 6.07) is 2.29. The maximum atomic E-state index is 5.36. The molecule has 0 aromatic carbocycles. The van der Waals surface area contributed by atoms with Gasteiger partial charge in [0.15, 0.2) is 0 Å². The number of pyridine rings is 1. The summed E-state index contributed by atoms with van der Waals surface area (Å²) in [7, 11) is 0. The first-order chi connectivity index (χ1) is 10.2. The molecule has 0 bridgehead atoms. The number of nitrogens with one attached hydrogen (secondary N) is 2. The number of aryl methyl sites for hydroxylation is 1. The Labute approximate surface area is 124 Å². The van der Waals surface area contributed by atoms with E-state index in [1.54, 1.807) is 6.20 Å². The molecule has 0 radical (unpaired) electrons. The molecular weight excluding hydrogens is 268 g/mol. The highest BCUT2D eigenvalue weighted by atomic mass is 16.5. The Morgan fingerprint density at radius 3 is 2.52 bits per heavy atom. The number of aromatic nitrogens is 4. The van der Waals surface area contributed by atoms with Crippen LogP contribution >= 0.6 is 0 Å². The van der Waals surface area contributed by atoms with Crippen LogP contribution in [0.25, 0.3) is 0 Å². The molecule has 0 saturated heterocycles. The third-order valence-corrected chi connectivity index (χ3v) is 2.80. The van der Waals surface area contributed by atoms with Crippen LogP contribution in [0, 0.1) is 6.92 Å². The summed E-state index contributed by atoms with van der Waals surface area (Å²) >= 11 is 0. The van der Waals surface area contributed by atoms with Gasteiger partial charge in [-0.05, 0) is 38.0 Å². The van der Waals surface area contributed by atoms with Gasteiger partial charge in [0.25, 0.3) is 0 Å². The van der Waals surface area contributed by atoms with Crippen LogP contribution in [-0.4, -0.2) is 33.1 Å². The van der Waals surface area contributed by atoms with E-state index in [2.05, 4.69) is 30.6 Å². The lowest BCUT2D eigenvalue weighted by molar-refractivity contribution is 0.312. The molecule has 0 unspecified atom stereocenters. The van der Waals surface area contributed by atoms with Gasteiger partial charge in [0.2, 0.25) is 11.9 Å². The molecule has 2 aromatic rings. The summed E-state index contributed by atoms with van der Waals surface area (Å²) in [4.78, 5) is 16.8. The number of hydrogen-bond donors (Lipinski definition) is 2. The zero-order chi connectivity index (χ0) is 15.1. The van der Waals surface area contributed by atoms with Crippen LogP contribution in [0.15, 0.2) is 18.5 Å². The van der Waals surface area contributed by atoms with Crippen molar-refractivity contribution in [2.45, 2.75) is 27.3 Å². The average molecular weight is 288 g/mol. The van der Waals surface area contributed by atoms with Crippen molar-refractivity contribution in [3.63, 3.8) is 0 Å². The Morgan fingerprint density at radius 1 is 1.10 bits per heavy atom. The summed E-state index contributed by atoms with van der Waals surface area (Å²) in [6.45, 7) is 7.77. The van der Waals surface area contributed by atoms with Crippen molar-refractivity contribution >= 4 is 11.9 Å². The van der Waals surface area contributed by atoms with Gasteiger partial charge in [-0.2, -0.15) is 15.0 Å². The highest BCUT2D eigenvalue weighted by Gasteiger charge is 2.07. The van der Waals surface area contributed by atoms with E-state index in [0.29, 0.717) is 31.1 Å². The van der Waals surface area contributed by atoms with Gasteiger partial charge in [0, 0.05) is 25.5 Å². The van der Waals surface area contributed by atoms with Crippen LogP contribution < -0.4 is 15.4 Å². The number of hydrogen-bond acceptors (Lipinski definition) is 7. The lowest BCUT2D eigenvalue weighted by Gasteiger charge is -2.10. The van der Waals surface area contributed by atoms with Crippen molar-refractivity contribution in [2.75, 3.05) is 23.8 Å². The van der Waals surface area contributed by atoms with Crippen LogP contribution in [0.3, 0.4) is 0 Å². The minimum absolute atomic E-state index is 0.317. The number of rotatable bonds is 7. The summed E-state index contributed by atoms with van der Waals surface area (Å²) in [5.74, 6) is 0.991. The van der Waals surface area contributed by atoms with E-state index in [1.165, 1.54) is 0 Å². The average Bonchev–Trinajstić information content (AvgIpc) is 2.47. The molecule has 0 saturated carbocycles. The smallest absolute Gasteiger partial charge is 0.323 e.